The molecule has 4 rings (SSSR count). The number of carbonyl (C=O) groups is 1. The van der Waals surface area contributed by atoms with Crippen molar-refractivity contribution in [1.29, 1.82) is 0 Å². The zero-order valence-electron chi connectivity index (χ0n) is 18.7. The zero-order chi connectivity index (χ0) is 22.2. The number of rotatable bonds is 8. The summed E-state index contributed by atoms with van der Waals surface area (Å²) in [6.07, 6.45) is 0. The van der Waals surface area contributed by atoms with Crippen LogP contribution in [0.4, 0.5) is 0 Å². The molecular weight excluding hydrogens is 424 g/mol. The van der Waals surface area contributed by atoms with Gasteiger partial charge in [-0.15, -0.1) is 0 Å². The first-order valence-electron chi connectivity index (χ1n) is 11.5. The van der Waals surface area contributed by atoms with Gasteiger partial charge in [0.15, 0.2) is 0 Å². The van der Waals surface area contributed by atoms with Crippen LogP contribution in [0.15, 0.2) is 54.6 Å². The van der Waals surface area contributed by atoms with Crippen LogP contribution in [-0.4, -0.2) is 97.6 Å². The molecule has 6 nitrogen and oxygen atoms in total. The number of nitrogens with zero attached hydrogens (tertiary/aromatic N) is 4. The molecule has 0 radical (unpaired) electrons. The number of piperazine rings is 2. The van der Waals surface area contributed by atoms with Gasteiger partial charge in [0.05, 0.1) is 11.6 Å². The normalized spacial score (nSPS) is 18.6. The maximum atomic E-state index is 12.8. The fraction of sp³-hybridized carbons (Fsp3) is 0.480. The molecule has 32 heavy (non-hydrogen) atoms. The Morgan fingerprint density at radius 2 is 1.41 bits per heavy atom. The van der Waals surface area contributed by atoms with E-state index < -0.39 is 0 Å². The molecule has 0 atom stereocenters. The Kier molecular flexibility index (Phi) is 8.40. The summed E-state index contributed by atoms with van der Waals surface area (Å²) in [7, 11) is 0. The number of para-hydroxylation sites is 1. The number of amides is 1. The summed E-state index contributed by atoms with van der Waals surface area (Å²) in [5.74, 6) is 1.00. The van der Waals surface area contributed by atoms with E-state index in [9.17, 15) is 4.79 Å². The molecule has 2 heterocycles. The lowest BCUT2D eigenvalue weighted by molar-refractivity contribution is -0.134. The van der Waals surface area contributed by atoms with E-state index >= 15 is 0 Å². The molecule has 172 valence electrons. The molecule has 0 aromatic heterocycles. The van der Waals surface area contributed by atoms with Crippen molar-refractivity contribution in [3.05, 3.63) is 65.2 Å². The molecular formula is C25H33ClN4O2. The van der Waals surface area contributed by atoms with Gasteiger partial charge in [0, 0.05) is 65.4 Å². The molecule has 1 amide bonds. The van der Waals surface area contributed by atoms with Crippen LogP contribution < -0.4 is 4.74 Å². The van der Waals surface area contributed by atoms with Crippen LogP contribution in [0.5, 0.6) is 5.75 Å². The molecule has 2 aromatic rings. The van der Waals surface area contributed by atoms with E-state index in [1.54, 1.807) is 0 Å². The highest BCUT2D eigenvalue weighted by Crippen LogP contribution is 2.23. The maximum Gasteiger partial charge on any atom is 0.236 e. The molecule has 0 unspecified atom stereocenters. The second-order valence-corrected chi connectivity index (χ2v) is 8.95. The van der Waals surface area contributed by atoms with Crippen LogP contribution >= 0.6 is 11.6 Å². The topological polar surface area (TPSA) is 39.3 Å². The van der Waals surface area contributed by atoms with Crippen molar-refractivity contribution in [3.63, 3.8) is 0 Å². The molecule has 0 spiro atoms. The van der Waals surface area contributed by atoms with Gasteiger partial charge >= 0.3 is 0 Å². The van der Waals surface area contributed by atoms with Gasteiger partial charge in [0.1, 0.15) is 12.4 Å². The Labute approximate surface area is 196 Å². The van der Waals surface area contributed by atoms with Crippen LogP contribution in [0.3, 0.4) is 0 Å². The molecule has 0 aliphatic carbocycles. The molecule has 2 aromatic carbocycles. The summed E-state index contributed by atoms with van der Waals surface area (Å²) >= 11 is 6.14. The van der Waals surface area contributed by atoms with E-state index in [1.807, 2.05) is 29.2 Å². The van der Waals surface area contributed by atoms with Gasteiger partial charge < -0.3 is 9.64 Å². The van der Waals surface area contributed by atoms with E-state index in [2.05, 4.69) is 45.0 Å². The summed E-state index contributed by atoms with van der Waals surface area (Å²) in [5.41, 5.74) is 1.34. The van der Waals surface area contributed by atoms with E-state index in [1.165, 1.54) is 5.56 Å². The Balaban J connectivity index is 1.11. The average molecular weight is 457 g/mol. The molecule has 2 fully saturated rings. The molecule has 2 aliphatic heterocycles. The Bertz CT molecular complexity index is 850. The number of benzene rings is 2. The van der Waals surface area contributed by atoms with Crippen LogP contribution in [0.25, 0.3) is 0 Å². The summed E-state index contributed by atoms with van der Waals surface area (Å²) < 4.78 is 5.80. The Morgan fingerprint density at radius 1 is 0.781 bits per heavy atom. The lowest BCUT2D eigenvalue weighted by Gasteiger charge is -2.38. The minimum Gasteiger partial charge on any atom is -0.491 e. The van der Waals surface area contributed by atoms with Crippen LogP contribution in [-0.2, 0) is 11.3 Å². The molecule has 2 aliphatic rings. The number of carbonyl (C=O) groups excluding carboxylic acids is 1. The number of hydrogen-bond donors (Lipinski definition) is 0. The van der Waals surface area contributed by atoms with E-state index in [4.69, 9.17) is 16.3 Å². The third-order valence-corrected chi connectivity index (χ3v) is 6.61. The van der Waals surface area contributed by atoms with Crippen LogP contribution in [0.2, 0.25) is 5.02 Å². The standard InChI is InChI=1S/C25H33ClN4O2/c26-23-8-4-5-9-24(23)32-19-18-27-10-12-29(13-11-27)21-25(31)30-16-14-28(15-17-30)20-22-6-2-1-3-7-22/h1-9H,10-21H2. The van der Waals surface area contributed by atoms with Crippen LogP contribution in [0.1, 0.15) is 5.56 Å². The van der Waals surface area contributed by atoms with Crippen molar-refractivity contribution in [2.24, 2.45) is 0 Å². The van der Waals surface area contributed by atoms with Crippen molar-refractivity contribution in [3.8, 4) is 5.75 Å². The summed E-state index contributed by atoms with van der Waals surface area (Å²) in [4.78, 5) is 21.9. The first-order chi connectivity index (χ1) is 15.7. The highest BCUT2D eigenvalue weighted by molar-refractivity contribution is 6.32. The number of halogens is 1. The van der Waals surface area contributed by atoms with Crippen molar-refractivity contribution < 1.29 is 9.53 Å². The van der Waals surface area contributed by atoms with Gasteiger partial charge in [-0.3, -0.25) is 19.5 Å². The second kappa shape index (κ2) is 11.7. The van der Waals surface area contributed by atoms with E-state index in [0.717, 1.165) is 71.2 Å². The quantitative estimate of drug-likeness (QED) is 0.610. The summed E-state index contributed by atoms with van der Waals surface area (Å²) in [5, 5.41) is 0.650. The van der Waals surface area contributed by atoms with Gasteiger partial charge in [-0.1, -0.05) is 54.1 Å². The highest BCUT2D eigenvalue weighted by Gasteiger charge is 2.24. The zero-order valence-corrected chi connectivity index (χ0v) is 19.4. The third kappa shape index (κ3) is 6.69. The van der Waals surface area contributed by atoms with Gasteiger partial charge in [-0.2, -0.15) is 0 Å². The fourth-order valence-corrected chi connectivity index (χ4v) is 4.50. The monoisotopic (exact) mass is 456 g/mol. The van der Waals surface area contributed by atoms with Gasteiger partial charge in [0.2, 0.25) is 5.91 Å². The maximum absolute atomic E-state index is 12.8. The third-order valence-electron chi connectivity index (χ3n) is 6.30. The first-order valence-corrected chi connectivity index (χ1v) is 11.9. The van der Waals surface area contributed by atoms with Crippen molar-refractivity contribution in [1.82, 2.24) is 19.6 Å². The minimum atomic E-state index is 0.264. The predicted molar refractivity (Wildman–Crippen MR) is 128 cm³/mol. The summed E-state index contributed by atoms with van der Waals surface area (Å²) in [6, 6.07) is 18.1. The number of ether oxygens (including phenoxy) is 1. The molecule has 0 bridgehead atoms. The lowest BCUT2D eigenvalue weighted by atomic mass is 10.2. The summed E-state index contributed by atoms with van der Waals surface area (Å²) in [6.45, 7) is 10.3. The molecule has 2 saturated heterocycles. The van der Waals surface area contributed by atoms with Gasteiger partial charge in [-0.05, 0) is 17.7 Å². The van der Waals surface area contributed by atoms with Gasteiger partial charge in [0.25, 0.3) is 0 Å². The second-order valence-electron chi connectivity index (χ2n) is 8.54. The largest absolute Gasteiger partial charge is 0.491 e. The van der Waals surface area contributed by atoms with Crippen LogP contribution in [0, 0.1) is 0 Å². The fourth-order valence-electron chi connectivity index (χ4n) is 4.31. The molecule has 7 heteroatoms. The van der Waals surface area contributed by atoms with Crippen molar-refractivity contribution in [2.45, 2.75) is 6.54 Å². The van der Waals surface area contributed by atoms with Crippen molar-refractivity contribution in [2.75, 3.05) is 72.1 Å². The van der Waals surface area contributed by atoms with E-state index in [-0.39, 0.29) is 5.91 Å². The number of hydrogen-bond acceptors (Lipinski definition) is 5. The van der Waals surface area contributed by atoms with E-state index in [0.29, 0.717) is 18.2 Å². The molecule has 0 saturated carbocycles. The Morgan fingerprint density at radius 3 is 2.12 bits per heavy atom. The lowest BCUT2D eigenvalue weighted by Crippen LogP contribution is -2.53. The SMILES string of the molecule is O=C(CN1CCN(CCOc2ccccc2Cl)CC1)N1CCN(Cc2ccccc2)CC1. The van der Waals surface area contributed by atoms with Gasteiger partial charge in [-0.25, -0.2) is 0 Å². The molecule has 0 N–H and O–H groups in total. The Hall–Kier alpha value is -2.12. The highest BCUT2D eigenvalue weighted by atomic mass is 35.5. The van der Waals surface area contributed by atoms with Crippen molar-refractivity contribution >= 4 is 17.5 Å². The first kappa shape index (κ1) is 23.1. The minimum absolute atomic E-state index is 0.264. The average Bonchev–Trinajstić information content (AvgIpc) is 2.82. The smallest absolute Gasteiger partial charge is 0.236 e. The predicted octanol–water partition coefficient (Wildman–Crippen LogP) is 2.68.